The number of nitrogens with zero attached hydrogens (tertiary/aromatic N) is 2. The molecule has 9 heteroatoms. The number of hydrogen-bond donors (Lipinski definition) is 2. The maximum Gasteiger partial charge on any atom is 0.293 e. The van der Waals surface area contributed by atoms with E-state index in [1.807, 2.05) is 24.3 Å². The maximum atomic E-state index is 12.4. The first-order valence-electron chi connectivity index (χ1n) is 9.73. The van der Waals surface area contributed by atoms with Crippen molar-refractivity contribution in [2.24, 2.45) is 0 Å². The number of furan rings is 1. The summed E-state index contributed by atoms with van der Waals surface area (Å²) in [7, 11) is 0. The van der Waals surface area contributed by atoms with E-state index < -0.39 is 10.8 Å². The molecule has 3 rings (SSSR count). The van der Waals surface area contributed by atoms with Gasteiger partial charge >= 0.3 is 0 Å². The van der Waals surface area contributed by atoms with E-state index in [1.165, 1.54) is 18.2 Å². The van der Waals surface area contributed by atoms with Gasteiger partial charge in [-0.25, -0.2) is 0 Å². The summed E-state index contributed by atoms with van der Waals surface area (Å²) in [6.07, 6.45) is 0. The van der Waals surface area contributed by atoms with Gasteiger partial charge in [-0.2, -0.15) is 0 Å². The summed E-state index contributed by atoms with van der Waals surface area (Å²) in [4.78, 5) is 25.1. The van der Waals surface area contributed by atoms with E-state index in [0.29, 0.717) is 11.3 Å². The Morgan fingerprint density at radius 1 is 1.10 bits per heavy atom. The Bertz CT molecular complexity index is 1090. The van der Waals surface area contributed by atoms with Gasteiger partial charge in [-0.3, -0.25) is 20.2 Å². The van der Waals surface area contributed by atoms with Crippen molar-refractivity contribution >= 4 is 40.3 Å². The Hall–Kier alpha value is -3.72. The molecule has 0 aliphatic heterocycles. The lowest BCUT2D eigenvalue weighted by Crippen LogP contribution is -2.33. The number of nitrogens with one attached hydrogen (secondary N) is 2. The summed E-state index contributed by atoms with van der Waals surface area (Å²) in [6.45, 7) is 6.03. The van der Waals surface area contributed by atoms with Crippen LogP contribution in [-0.4, -0.2) is 29.0 Å². The van der Waals surface area contributed by atoms with Gasteiger partial charge in [-0.15, -0.1) is 0 Å². The fourth-order valence-electron chi connectivity index (χ4n) is 3.06. The monoisotopic (exact) mass is 438 g/mol. The second-order valence-corrected chi connectivity index (χ2v) is 7.01. The van der Waals surface area contributed by atoms with Gasteiger partial charge in [-0.05, 0) is 62.5 Å². The Morgan fingerprint density at radius 3 is 2.45 bits per heavy atom. The molecule has 0 bridgehead atoms. The van der Waals surface area contributed by atoms with Gasteiger partial charge in [0.1, 0.15) is 5.76 Å². The Morgan fingerprint density at radius 2 is 1.81 bits per heavy atom. The van der Waals surface area contributed by atoms with E-state index in [-0.39, 0.29) is 16.6 Å². The van der Waals surface area contributed by atoms with Crippen LogP contribution >= 0.6 is 12.2 Å². The molecule has 1 amide bonds. The van der Waals surface area contributed by atoms with Gasteiger partial charge in [0.05, 0.1) is 4.92 Å². The lowest BCUT2D eigenvalue weighted by Gasteiger charge is -2.21. The highest BCUT2D eigenvalue weighted by Crippen LogP contribution is 2.25. The predicted octanol–water partition coefficient (Wildman–Crippen LogP) is 4.83. The Labute approximate surface area is 185 Å². The van der Waals surface area contributed by atoms with Gasteiger partial charge in [-0.1, -0.05) is 12.1 Å². The standard InChI is InChI=1S/C22H22N4O4S/c1-3-25(4-2)17-10-8-16(9-11-17)23-22(31)24-21(27)20-13-12-19(30-20)15-6-5-7-18(14-15)26(28)29/h5-14H,3-4H2,1-2H3,(H2,23,24,27,31). The van der Waals surface area contributed by atoms with Crippen LogP contribution in [0.5, 0.6) is 0 Å². The van der Waals surface area contributed by atoms with Crippen LogP contribution in [0.15, 0.2) is 65.1 Å². The molecule has 2 aromatic carbocycles. The lowest BCUT2D eigenvalue weighted by molar-refractivity contribution is -0.384. The summed E-state index contributed by atoms with van der Waals surface area (Å²) in [5.41, 5.74) is 2.30. The molecule has 0 fully saturated rings. The average Bonchev–Trinajstić information content (AvgIpc) is 3.26. The number of nitro groups is 1. The number of amides is 1. The van der Waals surface area contributed by atoms with E-state index in [4.69, 9.17) is 16.6 Å². The SMILES string of the molecule is CCN(CC)c1ccc(NC(=S)NC(=O)c2ccc(-c3cccc([N+](=O)[O-])c3)o2)cc1. The molecule has 0 spiro atoms. The molecule has 0 radical (unpaired) electrons. The predicted molar refractivity (Wildman–Crippen MR) is 124 cm³/mol. The molecule has 8 nitrogen and oxygen atoms in total. The Balaban J connectivity index is 1.62. The molecular formula is C22H22N4O4S. The van der Waals surface area contributed by atoms with Crippen LogP contribution in [0.4, 0.5) is 17.1 Å². The molecule has 160 valence electrons. The van der Waals surface area contributed by atoms with Crippen LogP contribution in [0.1, 0.15) is 24.4 Å². The minimum absolute atomic E-state index is 0.0440. The van der Waals surface area contributed by atoms with Gasteiger partial charge in [0.15, 0.2) is 10.9 Å². The zero-order chi connectivity index (χ0) is 22.4. The van der Waals surface area contributed by atoms with Crippen molar-refractivity contribution in [1.29, 1.82) is 0 Å². The van der Waals surface area contributed by atoms with Crippen molar-refractivity contribution in [2.45, 2.75) is 13.8 Å². The molecule has 2 N–H and O–H groups in total. The third kappa shape index (κ3) is 5.46. The van der Waals surface area contributed by atoms with Gasteiger partial charge < -0.3 is 14.6 Å². The highest BCUT2D eigenvalue weighted by molar-refractivity contribution is 7.80. The summed E-state index contributed by atoms with van der Waals surface area (Å²) < 4.78 is 5.56. The van der Waals surface area contributed by atoms with E-state index >= 15 is 0 Å². The number of thiocarbonyl (C=S) groups is 1. The molecule has 0 atom stereocenters. The maximum absolute atomic E-state index is 12.4. The smallest absolute Gasteiger partial charge is 0.293 e. The molecule has 3 aromatic rings. The summed E-state index contributed by atoms with van der Waals surface area (Å²) in [6, 6.07) is 16.8. The average molecular weight is 439 g/mol. The summed E-state index contributed by atoms with van der Waals surface area (Å²) >= 11 is 5.22. The first-order chi connectivity index (χ1) is 14.9. The van der Waals surface area contributed by atoms with Crippen molar-refractivity contribution in [3.63, 3.8) is 0 Å². The topological polar surface area (TPSA) is 101 Å². The normalized spacial score (nSPS) is 10.4. The largest absolute Gasteiger partial charge is 0.451 e. The van der Waals surface area contributed by atoms with Gasteiger partial charge in [0, 0.05) is 42.2 Å². The first kappa shape index (κ1) is 22.0. The van der Waals surface area contributed by atoms with Crippen molar-refractivity contribution in [3.8, 4) is 11.3 Å². The molecule has 0 saturated heterocycles. The third-order valence-corrected chi connectivity index (χ3v) is 4.86. The van der Waals surface area contributed by atoms with Crippen LogP contribution in [0.3, 0.4) is 0 Å². The minimum atomic E-state index is -0.519. The van der Waals surface area contributed by atoms with Crippen molar-refractivity contribution in [1.82, 2.24) is 5.32 Å². The number of nitro benzene ring substituents is 1. The third-order valence-electron chi connectivity index (χ3n) is 4.65. The number of rotatable bonds is 7. The number of carbonyl (C=O) groups is 1. The summed E-state index contributed by atoms with van der Waals surface area (Å²) in [5, 5.41) is 16.6. The number of hydrogen-bond acceptors (Lipinski definition) is 6. The quantitative estimate of drug-likeness (QED) is 0.310. The molecule has 0 aliphatic rings. The minimum Gasteiger partial charge on any atom is -0.451 e. The molecule has 0 saturated carbocycles. The summed E-state index contributed by atoms with van der Waals surface area (Å²) in [5.74, 6) is -0.129. The fraction of sp³-hybridized carbons (Fsp3) is 0.182. The van der Waals surface area contributed by atoms with Gasteiger partial charge in [0.25, 0.3) is 11.6 Å². The fourth-order valence-corrected chi connectivity index (χ4v) is 3.27. The highest BCUT2D eigenvalue weighted by atomic mass is 32.1. The molecule has 0 aliphatic carbocycles. The van der Waals surface area contributed by atoms with Crippen molar-refractivity contribution < 1.29 is 14.1 Å². The number of benzene rings is 2. The van der Waals surface area contributed by atoms with E-state index in [1.54, 1.807) is 18.2 Å². The van der Waals surface area contributed by atoms with Crippen LogP contribution in [-0.2, 0) is 0 Å². The number of anilines is 2. The van der Waals surface area contributed by atoms with E-state index in [9.17, 15) is 14.9 Å². The van der Waals surface area contributed by atoms with Crippen LogP contribution in [0.2, 0.25) is 0 Å². The molecule has 1 heterocycles. The number of non-ortho nitro benzene ring substituents is 1. The molecule has 1 aromatic heterocycles. The zero-order valence-electron chi connectivity index (χ0n) is 17.1. The second-order valence-electron chi connectivity index (χ2n) is 6.60. The van der Waals surface area contributed by atoms with Crippen molar-refractivity contribution in [3.05, 3.63) is 76.5 Å². The van der Waals surface area contributed by atoms with Crippen molar-refractivity contribution in [2.75, 3.05) is 23.3 Å². The molecule has 0 unspecified atom stereocenters. The van der Waals surface area contributed by atoms with E-state index in [0.717, 1.165) is 24.5 Å². The highest BCUT2D eigenvalue weighted by Gasteiger charge is 2.15. The van der Waals surface area contributed by atoms with Crippen LogP contribution < -0.4 is 15.5 Å². The Kier molecular flexibility index (Phi) is 6.99. The zero-order valence-corrected chi connectivity index (χ0v) is 17.9. The van der Waals surface area contributed by atoms with Crippen LogP contribution in [0.25, 0.3) is 11.3 Å². The second kappa shape index (κ2) is 9.86. The van der Waals surface area contributed by atoms with Crippen LogP contribution in [0, 0.1) is 10.1 Å². The lowest BCUT2D eigenvalue weighted by atomic mass is 10.1. The van der Waals surface area contributed by atoms with Gasteiger partial charge in [0.2, 0.25) is 0 Å². The molecular weight excluding hydrogens is 416 g/mol. The first-order valence-corrected chi connectivity index (χ1v) is 10.1. The number of carbonyl (C=O) groups excluding carboxylic acids is 1. The molecule has 31 heavy (non-hydrogen) atoms. The van der Waals surface area contributed by atoms with E-state index in [2.05, 4.69) is 29.4 Å².